The van der Waals surface area contributed by atoms with Gasteiger partial charge in [0.1, 0.15) is 5.76 Å². The average molecular weight is 541 g/mol. The highest BCUT2D eigenvalue weighted by Gasteiger charge is 2.23. The third-order valence-electron chi connectivity index (χ3n) is 5.72. The van der Waals surface area contributed by atoms with Crippen LogP contribution in [0.1, 0.15) is 29.7 Å². The lowest BCUT2D eigenvalue weighted by atomic mass is 9.99. The predicted molar refractivity (Wildman–Crippen MR) is 131 cm³/mol. The SMILES string of the molecule is COc1cc2c(cc1OC)CN(C(=NCC1CCCO1)NCCc1ccco1)CC2.I. The van der Waals surface area contributed by atoms with Crippen molar-refractivity contribution in [3.05, 3.63) is 47.4 Å². The van der Waals surface area contributed by atoms with Crippen LogP contribution in [0.5, 0.6) is 11.5 Å². The van der Waals surface area contributed by atoms with Gasteiger partial charge in [-0.15, -0.1) is 24.0 Å². The lowest BCUT2D eigenvalue weighted by Gasteiger charge is -2.32. The van der Waals surface area contributed by atoms with E-state index >= 15 is 0 Å². The van der Waals surface area contributed by atoms with Gasteiger partial charge >= 0.3 is 0 Å². The zero-order valence-electron chi connectivity index (χ0n) is 18.3. The van der Waals surface area contributed by atoms with E-state index in [1.807, 2.05) is 12.1 Å². The molecule has 8 heteroatoms. The fourth-order valence-electron chi connectivity index (χ4n) is 4.06. The van der Waals surface area contributed by atoms with E-state index in [1.165, 1.54) is 11.1 Å². The zero-order chi connectivity index (χ0) is 20.8. The largest absolute Gasteiger partial charge is 0.493 e. The van der Waals surface area contributed by atoms with Crippen LogP contribution < -0.4 is 14.8 Å². The summed E-state index contributed by atoms with van der Waals surface area (Å²) in [5.41, 5.74) is 2.55. The van der Waals surface area contributed by atoms with Crippen LogP contribution in [0.3, 0.4) is 0 Å². The minimum absolute atomic E-state index is 0. The van der Waals surface area contributed by atoms with Crippen molar-refractivity contribution in [2.75, 3.05) is 40.5 Å². The fourth-order valence-corrected chi connectivity index (χ4v) is 4.06. The molecule has 170 valence electrons. The first-order valence-electron chi connectivity index (χ1n) is 10.7. The summed E-state index contributed by atoms with van der Waals surface area (Å²) in [5, 5.41) is 3.54. The van der Waals surface area contributed by atoms with Crippen molar-refractivity contribution in [2.45, 2.75) is 38.3 Å². The molecule has 0 spiro atoms. The van der Waals surface area contributed by atoms with Gasteiger partial charge in [0.05, 0.1) is 33.1 Å². The Morgan fingerprint density at radius 2 is 2.03 bits per heavy atom. The molecule has 31 heavy (non-hydrogen) atoms. The molecule has 1 atom stereocenters. The van der Waals surface area contributed by atoms with Crippen LogP contribution >= 0.6 is 24.0 Å². The van der Waals surface area contributed by atoms with Crippen LogP contribution in [0.4, 0.5) is 0 Å². The number of guanidine groups is 1. The van der Waals surface area contributed by atoms with Crippen molar-refractivity contribution in [1.82, 2.24) is 10.2 Å². The van der Waals surface area contributed by atoms with Crippen LogP contribution in [-0.2, 0) is 24.1 Å². The third kappa shape index (κ3) is 6.06. The number of ether oxygens (including phenoxy) is 3. The van der Waals surface area contributed by atoms with E-state index in [-0.39, 0.29) is 30.1 Å². The van der Waals surface area contributed by atoms with Gasteiger partial charge < -0.3 is 28.8 Å². The number of furan rings is 1. The Morgan fingerprint density at radius 3 is 2.71 bits per heavy atom. The lowest BCUT2D eigenvalue weighted by molar-refractivity contribution is 0.117. The summed E-state index contributed by atoms with van der Waals surface area (Å²) in [6, 6.07) is 8.10. The molecule has 1 unspecified atom stereocenters. The third-order valence-corrected chi connectivity index (χ3v) is 5.72. The van der Waals surface area contributed by atoms with Gasteiger partial charge in [0.25, 0.3) is 0 Å². The van der Waals surface area contributed by atoms with E-state index in [1.54, 1.807) is 20.5 Å². The number of benzene rings is 1. The summed E-state index contributed by atoms with van der Waals surface area (Å²) in [6.07, 6.45) is 5.91. The first-order chi connectivity index (χ1) is 14.8. The van der Waals surface area contributed by atoms with E-state index in [0.29, 0.717) is 6.54 Å². The number of aliphatic imine (C=N–C) groups is 1. The molecule has 2 aliphatic rings. The number of nitrogens with zero attached hydrogens (tertiary/aromatic N) is 2. The Hall–Kier alpha value is -1.94. The molecule has 0 bridgehead atoms. The van der Waals surface area contributed by atoms with E-state index in [9.17, 15) is 0 Å². The van der Waals surface area contributed by atoms with E-state index < -0.39 is 0 Å². The van der Waals surface area contributed by atoms with Crippen LogP contribution in [0.25, 0.3) is 0 Å². The Labute approximate surface area is 201 Å². The van der Waals surface area contributed by atoms with Crippen molar-refractivity contribution in [2.24, 2.45) is 4.99 Å². The summed E-state index contributed by atoms with van der Waals surface area (Å²) in [5.74, 6) is 3.45. The maximum Gasteiger partial charge on any atom is 0.194 e. The topological polar surface area (TPSA) is 68.5 Å². The van der Waals surface area contributed by atoms with Crippen LogP contribution in [0, 0.1) is 0 Å². The molecule has 0 saturated carbocycles. The highest BCUT2D eigenvalue weighted by atomic mass is 127. The highest BCUT2D eigenvalue weighted by molar-refractivity contribution is 14.0. The Kier molecular flexibility index (Phi) is 8.89. The first kappa shape index (κ1) is 23.7. The first-order valence-corrected chi connectivity index (χ1v) is 10.7. The number of halogens is 1. The molecule has 1 saturated heterocycles. The molecule has 1 aromatic carbocycles. The highest BCUT2D eigenvalue weighted by Crippen LogP contribution is 2.33. The van der Waals surface area contributed by atoms with Gasteiger partial charge in [-0.1, -0.05) is 0 Å². The molecule has 0 amide bonds. The van der Waals surface area contributed by atoms with Gasteiger partial charge in [0.2, 0.25) is 0 Å². The quantitative estimate of drug-likeness (QED) is 0.328. The number of fused-ring (bicyclic) bond motifs is 1. The standard InChI is InChI=1S/C23H31N3O4.HI/c1-27-21-13-17-8-10-26(16-18(17)14-22(21)28-2)23(25-15-20-6-4-12-30-20)24-9-7-19-5-3-11-29-19;/h3,5,11,13-14,20H,4,6-10,12,15-16H2,1-2H3,(H,24,25);1H. The molecule has 1 aromatic heterocycles. The number of hydrogen-bond donors (Lipinski definition) is 1. The minimum Gasteiger partial charge on any atom is -0.493 e. The number of nitrogens with one attached hydrogen (secondary N) is 1. The van der Waals surface area contributed by atoms with Gasteiger partial charge in [-0.05, 0) is 54.7 Å². The molecule has 2 aliphatic heterocycles. The van der Waals surface area contributed by atoms with Crippen molar-refractivity contribution in [3.63, 3.8) is 0 Å². The van der Waals surface area contributed by atoms with Crippen molar-refractivity contribution in [1.29, 1.82) is 0 Å². The van der Waals surface area contributed by atoms with Gasteiger partial charge in [-0.2, -0.15) is 0 Å². The molecular formula is C23H32IN3O4. The molecule has 7 nitrogen and oxygen atoms in total. The molecule has 2 aromatic rings. The molecule has 1 fully saturated rings. The maximum atomic E-state index is 5.77. The summed E-state index contributed by atoms with van der Waals surface area (Å²) in [6.45, 7) is 4.00. The maximum absolute atomic E-state index is 5.77. The summed E-state index contributed by atoms with van der Waals surface area (Å²) in [7, 11) is 3.35. The predicted octanol–water partition coefficient (Wildman–Crippen LogP) is 3.64. The molecule has 0 aliphatic carbocycles. The fraction of sp³-hybridized carbons (Fsp3) is 0.522. The molecule has 3 heterocycles. The normalized spacial score (nSPS) is 18.3. The van der Waals surface area contributed by atoms with Gasteiger partial charge in [0, 0.05) is 32.7 Å². The van der Waals surface area contributed by atoms with E-state index in [2.05, 4.69) is 22.3 Å². The molecule has 4 rings (SSSR count). The second-order valence-electron chi connectivity index (χ2n) is 7.70. The number of rotatable bonds is 7. The summed E-state index contributed by atoms with van der Waals surface area (Å²) >= 11 is 0. The Morgan fingerprint density at radius 1 is 1.23 bits per heavy atom. The van der Waals surface area contributed by atoms with Gasteiger partial charge in [-0.25, -0.2) is 0 Å². The Bertz CT molecular complexity index is 851. The van der Waals surface area contributed by atoms with E-state index in [0.717, 1.165) is 75.1 Å². The molecule has 1 N–H and O–H groups in total. The smallest absolute Gasteiger partial charge is 0.194 e. The molecular weight excluding hydrogens is 509 g/mol. The van der Waals surface area contributed by atoms with Crippen LogP contribution in [-0.4, -0.2) is 57.4 Å². The van der Waals surface area contributed by atoms with Gasteiger partial charge in [0.15, 0.2) is 17.5 Å². The minimum atomic E-state index is 0. The average Bonchev–Trinajstić information content (AvgIpc) is 3.49. The Balaban J connectivity index is 0.00000272. The van der Waals surface area contributed by atoms with Crippen molar-refractivity contribution >= 4 is 29.9 Å². The monoisotopic (exact) mass is 541 g/mol. The summed E-state index contributed by atoms with van der Waals surface area (Å²) < 4.78 is 22.2. The van der Waals surface area contributed by atoms with Gasteiger partial charge in [-0.3, -0.25) is 4.99 Å². The van der Waals surface area contributed by atoms with Crippen molar-refractivity contribution < 1.29 is 18.6 Å². The zero-order valence-corrected chi connectivity index (χ0v) is 20.6. The second kappa shape index (κ2) is 11.6. The van der Waals surface area contributed by atoms with Crippen LogP contribution in [0.15, 0.2) is 39.9 Å². The molecule has 0 radical (unpaired) electrons. The second-order valence-corrected chi connectivity index (χ2v) is 7.70. The van der Waals surface area contributed by atoms with E-state index in [4.69, 9.17) is 23.6 Å². The summed E-state index contributed by atoms with van der Waals surface area (Å²) in [4.78, 5) is 7.23. The van der Waals surface area contributed by atoms with Crippen LogP contribution in [0.2, 0.25) is 0 Å². The lowest BCUT2D eigenvalue weighted by Crippen LogP contribution is -2.45. The van der Waals surface area contributed by atoms with Crippen molar-refractivity contribution in [3.8, 4) is 11.5 Å². The number of methoxy groups -OCH3 is 2. The number of hydrogen-bond acceptors (Lipinski definition) is 5.